The van der Waals surface area contributed by atoms with Crippen LogP contribution in [0.1, 0.15) is 18.4 Å². The van der Waals surface area contributed by atoms with E-state index >= 15 is 0 Å². The van der Waals surface area contributed by atoms with Gasteiger partial charge in [0.1, 0.15) is 0 Å². The highest BCUT2D eigenvalue weighted by atomic mass is 19.1. The van der Waals surface area contributed by atoms with Crippen LogP contribution in [-0.2, 0) is 10.2 Å². The molecule has 0 heterocycles. The smallest absolute Gasteiger partial charge is 0.314 e. The third-order valence-corrected chi connectivity index (χ3v) is 3.13. The summed E-state index contributed by atoms with van der Waals surface area (Å²) >= 11 is 0. The lowest BCUT2D eigenvalue weighted by atomic mass is 9.61. The standard InChI is InChI=1S/C11H12FNO3/c12-8-3-1-2-7(9(8)14)11(10(15)16)4-6(13)5-11/h1-3,6,14H,4-5,13H2,(H,15,16). The number of carbonyl (C=O) groups is 1. The average molecular weight is 225 g/mol. The van der Waals surface area contributed by atoms with Gasteiger partial charge in [-0.3, -0.25) is 4.79 Å². The molecule has 1 aromatic rings. The van der Waals surface area contributed by atoms with Gasteiger partial charge >= 0.3 is 5.97 Å². The lowest BCUT2D eigenvalue weighted by molar-refractivity contribution is -0.148. The van der Waals surface area contributed by atoms with Gasteiger partial charge in [0, 0.05) is 11.6 Å². The van der Waals surface area contributed by atoms with E-state index < -0.39 is 23.0 Å². The van der Waals surface area contributed by atoms with Crippen LogP contribution in [0.15, 0.2) is 18.2 Å². The van der Waals surface area contributed by atoms with Crippen molar-refractivity contribution in [2.75, 3.05) is 0 Å². The van der Waals surface area contributed by atoms with Gasteiger partial charge in [0.2, 0.25) is 0 Å². The van der Waals surface area contributed by atoms with Gasteiger partial charge in [-0.2, -0.15) is 0 Å². The summed E-state index contributed by atoms with van der Waals surface area (Å²) in [7, 11) is 0. The number of carboxylic acid groups (broad SMARTS) is 1. The van der Waals surface area contributed by atoms with Crippen molar-refractivity contribution in [2.45, 2.75) is 24.3 Å². The Bertz CT molecular complexity index is 441. The Labute approximate surface area is 91.5 Å². The fourth-order valence-corrected chi connectivity index (χ4v) is 2.25. The quantitative estimate of drug-likeness (QED) is 0.700. The summed E-state index contributed by atoms with van der Waals surface area (Å²) in [6.45, 7) is 0. The van der Waals surface area contributed by atoms with Crippen molar-refractivity contribution >= 4 is 5.97 Å². The molecule has 4 N–H and O–H groups in total. The maximum absolute atomic E-state index is 13.2. The van der Waals surface area contributed by atoms with Crippen molar-refractivity contribution in [1.29, 1.82) is 0 Å². The van der Waals surface area contributed by atoms with Crippen LogP contribution < -0.4 is 5.73 Å². The first kappa shape index (κ1) is 10.9. The van der Waals surface area contributed by atoms with Gasteiger partial charge in [-0.15, -0.1) is 0 Å². The molecule has 0 unspecified atom stereocenters. The first-order valence-corrected chi connectivity index (χ1v) is 4.94. The summed E-state index contributed by atoms with van der Waals surface area (Å²) < 4.78 is 13.2. The first-order chi connectivity index (χ1) is 7.47. The van der Waals surface area contributed by atoms with Gasteiger partial charge in [0.15, 0.2) is 11.6 Å². The Hall–Kier alpha value is -1.62. The van der Waals surface area contributed by atoms with Crippen LogP contribution in [0, 0.1) is 5.82 Å². The van der Waals surface area contributed by atoms with Gasteiger partial charge < -0.3 is 15.9 Å². The molecule has 1 saturated carbocycles. The zero-order valence-electron chi connectivity index (χ0n) is 8.48. The highest BCUT2D eigenvalue weighted by Crippen LogP contribution is 2.46. The zero-order valence-corrected chi connectivity index (χ0v) is 8.48. The fraction of sp³-hybridized carbons (Fsp3) is 0.364. The molecule has 0 atom stereocenters. The normalized spacial score (nSPS) is 28.5. The van der Waals surface area contributed by atoms with Crippen molar-refractivity contribution in [2.24, 2.45) is 5.73 Å². The van der Waals surface area contributed by atoms with E-state index in [4.69, 9.17) is 5.73 Å². The molecule has 4 nitrogen and oxygen atoms in total. The Morgan fingerprint density at radius 2 is 2.12 bits per heavy atom. The van der Waals surface area contributed by atoms with Crippen molar-refractivity contribution in [3.05, 3.63) is 29.6 Å². The number of carboxylic acids is 1. The number of aromatic hydroxyl groups is 1. The Kier molecular flexibility index (Phi) is 2.35. The third kappa shape index (κ3) is 1.36. The minimum absolute atomic E-state index is 0.113. The number of benzene rings is 1. The Morgan fingerprint density at radius 3 is 2.62 bits per heavy atom. The number of rotatable bonds is 2. The molecule has 2 rings (SSSR count). The number of halogens is 1. The van der Waals surface area contributed by atoms with Crippen LogP contribution in [0.3, 0.4) is 0 Å². The van der Waals surface area contributed by atoms with Gasteiger partial charge in [0.25, 0.3) is 0 Å². The minimum atomic E-state index is -1.23. The molecule has 1 aromatic carbocycles. The first-order valence-electron chi connectivity index (χ1n) is 4.94. The lowest BCUT2D eigenvalue weighted by Gasteiger charge is -2.43. The molecule has 1 aliphatic carbocycles. The van der Waals surface area contributed by atoms with E-state index in [0.717, 1.165) is 6.07 Å². The maximum Gasteiger partial charge on any atom is 0.314 e. The van der Waals surface area contributed by atoms with E-state index in [0.29, 0.717) is 0 Å². The average Bonchev–Trinajstić information content (AvgIpc) is 2.17. The molecule has 0 saturated heterocycles. The number of hydrogen-bond donors (Lipinski definition) is 3. The second-order valence-corrected chi connectivity index (χ2v) is 4.19. The second kappa shape index (κ2) is 3.45. The molecule has 86 valence electrons. The molecular weight excluding hydrogens is 213 g/mol. The maximum atomic E-state index is 13.2. The predicted octanol–water partition coefficient (Wildman–Crippen LogP) is 0.975. The third-order valence-electron chi connectivity index (χ3n) is 3.13. The lowest BCUT2D eigenvalue weighted by Crippen LogP contribution is -2.54. The zero-order chi connectivity index (χ0) is 11.9. The summed E-state index contributed by atoms with van der Waals surface area (Å²) in [5, 5.41) is 18.7. The highest BCUT2D eigenvalue weighted by molar-refractivity contribution is 5.84. The van der Waals surface area contributed by atoms with Gasteiger partial charge in [-0.25, -0.2) is 4.39 Å². The van der Waals surface area contributed by atoms with E-state index in [1.165, 1.54) is 12.1 Å². The van der Waals surface area contributed by atoms with E-state index in [9.17, 15) is 19.4 Å². The van der Waals surface area contributed by atoms with Crippen LogP contribution in [0.4, 0.5) is 4.39 Å². The monoisotopic (exact) mass is 225 g/mol. The summed E-state index contributed by atoms with van der Waals surface area (Å²) in [6.07, 6.45) is 0.443. The largest absolute Gasteiger partial charge is 0.505 e. The number of para-hydroxylation sites is 1. The van der Waals surface area contributed by atoms with Gasteiger partial charge in [-0.05, 0) is 18.9 Å². The molecule has 0 amide bonds. The Morgan fingerprint density at radius 1 is 1.50 bits per heavy atom. The van der Waals surface area contributed by atoms with Crippen molar-refractivity contribution in [3.63, 3.8) is 0 Å². The number of phenolic OH excluding ortho intramolecular Hbond substituents is 1. The molecule has 1 aliphatic rings. The molecule has 0 bridgehead atoms. The molecular formula is C11H12FNO3. The minimum Gasteiger partial charge on any atom is -0.505 e. The molecule has 5 heteroatoms. The topological polar surface area (TPSA) is 83.6 Å². The molecule has 1 fully saturated rings. The van der Waals surface area contributed by atoms with Crippen molar-refractivity contribution < 1.29 is 19.4 Å². The molecule has 0 radical (unpaired) electrons. The number of aliphatic carboxylic acids is 1. The highest BCUT2D eigenvalue weighted by Gasteiger charge is 2.52. The van der Waals surface area contributed by atoms with Gasteiger partial charge in [-0.1, -0.05) is 12.1 Å². The van der Waals surface area contributed by atoms with Crippen LogP contribution >= 0.6 is 0 Å². The number of hydrogen-bond acceptors (Lipinski definition) is 3. The molecule has 0 aromatic heterocycles. The van der Waals surface area contributed by atoms with E-state index in [-0.39, 0.29) is 24.4 Å². The second-order valence-electron chi connectivity index (χ2n) is 4.19. The van der Waals surface area contributed by atoms with Crippen molar-refractivity contribution in [1.82, 2.24) is 0 Å². The van der Waals surface area contributed by atoms with Crippen LogP contribution in [0.5, 0.6) is 5.75 Å². The predicted molar refractivity (Wildman–Crippen MR) is 54.6 cm³/mol. The summed E-state index contributed by atoms with van der Waals surface area (Å²) in [5.41, 5.74) is 4.46. The van der Waals surface area contributed by atoms with E-state index in [2.05, 4.69) is 0 Å². The van der Waals surface area contributed by atoms with Crippen molar-refractivity contribution in [3.8, 4) is 5.75 Å². The van der Waals surface area contributed by atoms with E-state index in [1.54, 1.807) is 0 Å². The number of nitrogens with two attached hydrogens (primary N) is 1. The Balaban J connectivity index is 2.49. The number of phenols is 1. The molecule has 0 aliphatic heterocycles. The van der Waals surface area contributed by atoms with Crippen LogP contribution in [0.2, 0.25) is 0 Å². The van der Waals surface area contributed by atoms with E-state index in [1.807, 2.05) is 0 Å². The van der Waals surface area contributed by atoms with Crippen LogP contribution in [0.25, 0.3) is 0 Å². The fourth-order valence-electron chi connectivity index (χ4n) is 2.25. The molecule has 0 spiro atoms. The SMILES string of the molecule is NC1CC(C(=O)O)(c2cccc(F)c2O)C1. The van der Waals surface area contributed by atoms with Gasteiger partial charge in [0.05, 0.1) is 5.41 Å². The molecule has 16 heavy (non-hydrogen) atoms. The summed E-state index contributed by atoms with van der Waals surface area (Å²) in [4.78, 5) is 11.2. The van der Waals surface area contributed by atoms with Crippen LogP contribution in [-0.4, -0.2) is 22.2 Å². The summed E-state index contributed by atoms with van der Waals surface area (Å²) in [6, 6.07) is 3.70. The summed E-state index contributed by atoms with van der Waals surface area (Å²) in [5.74, 6) is -2.47.